The molecule has 0 unspecified atom stereocenters. The topological polar surface area (TPSA) is 64.3 Å². The minimum atomic E-state index is -0.205. The van der Waals surface area contributed by atoms with Gasteiger partial charge in [-0.05, 0) is 47.1 Å². The number of nitrogen functional groups attached to an aromatic ring is 1. The Morgan fingerprint density at radius 1 is 1.25 bits per heavy atom. The molecule has 20 heavy (non-hydrogen) atoms. The van der Waals surface area contributed by atoms with E-state index >= 15 is 0 Å². The van der Waals surface area contributed by atoms with Crippen molar-refractivity contribution in [3.05, 3.63) is 52.0 Å². The van der Waals surface area contributed by atoms with Gasteiger partial charge >= 0.3 is 0 Å². The van der Waals surface area contributed by atoms with Crippen LogP contribution in [-0.4, -0.2) is 13.0 Å². The SMILES string of the molecule is COc1cc(N)ccc1NC(=O)c1cc(C)ccc1Br. The number of hydrogen-bond acceptors (Lipinski definition) is 3. The van der Waals surface area contributed by atoms with Crippen molar-refractivity contribution in [1.82, 2.24) is 0 Å². The second kappa shape index (κ2) is 5.96. The molecule has 4 nitrogen and oxygen atoms in total. The molecule has 0 atom stereocenters. The fourth-order valence-corrected chi connectivity index (χ4v) is 2.24. The molecule has 0 aliphatic carbocycles. The van der Waals surface area contributed by atoms with E-state index in [2.05, 4.69) is 21.2 Å². The molecular formula is C15H15BrN2O2. The van der Waals surface area contributed by atoms with E-state index in [4.69, 9.17) is 10.5 Å². The summed E-state index contributed by atoms with van der Waals surface area (Å²) in [4.78, 5) is 12.3. The molecule has 0 aliphatic heterocycles. The normalized spacial score (nSPS) is 10.2. The maximum absolute atomic E-state index is 12.3. The van der Waals surface area contributed by atoms with Crippen LogP contribution in [0.25, 0.3) is 0 Å². The molecule has 2 aromatic carbocycles. The number of carbonyl (C=O) groups is 1. The summed E-state index contributed by atoms with van der Waals surface area (Å²) >= 11 is 3.38. The van der Waals surface area contributed by atoms with Crippen molar-refractivity contribution < 1.29 is 9.53 Å². The number of nitrogens with one attached hydrogen (secondary N) is 1. The van der Waals surface area contributed by atoms with Gasteiger partial charge in [0.15, 0.2) is 0 Å². The average molecular weight is 335 g/mol. The fourth-order valence-electron chi connectivity index (χ4n) is 1.81. The number of methoxy groups -OCH3 is 1. The summed E-state index contributed by atoms with van der Waals surface area (Å²) in [6.07, 6.45) is 0. The lowest BCUT2D eigenvalue weighted by Crippen LogP contribution is -2.13. The highest BCUT2D eigenvalue weighted by atomic mass is 79.9. The highest BCUT2D eigenvalue weighted by molar-refractivity contribution is 9.10. The van der Waals surface area contributed by atoms with Crippen molar-refractivity contribution in [2.45, 2.75) is 6.92 Å². The molecule has 5 heteroatoms. The van der Waals surface area contributed by atoms with Gasteiger partial charge in [0.2, 0.25) is 0 Å². The number of nitrogens with two attached hydrogens (primary N) is 1. The third-order valence-corrected chi connectivity index (χ3v) is 3.53. The van der Waals surface area contributed by atoms with Crippen molar-refractivity contribution in [3.63, 3.8) is 0 Å². The van der Waals surface area contributed by atoms with Crippen molar-refractivity contribution in [3.8, 4) is 5.75 Å². The van der Waals surface area contributed by atoms with Crippen molar-refractivity contribution in [2.75, 3.05) is 18.2 Å². The number of halogens is 1. The Hall–Kier alpha value is -2.01. The molecule has 0 radical (unpaired) electrons. The van der Waals surface area contributed by atoms with Crippen LogP contribution in [0.15, 0.2) is 40.9 Å². The molecular weight excluding hydrogens is 320 g/mol. The third-order valence-electron chi connectivity index (χ3n) is 2.84. The Morgan fingerprint density at radius 2 is 2.00 bits per heavy atom. The van der Waals surface area contributed by atoms with Crippen LogP contribution < -0.4 is 15.8 Å². The highest BCUT2D eigenvalue weighted by Gasteiger charge is 2.13. The first-order valence-electron chi connectivity index (χ1n) is 6.02. The van der Waals surface area contributed by atoms with Crippen molar-refractivity contribution in [1.29, 1.82) is 0 Å². The first-order chi connectivity index (χ1) is 9.51. The van der Waals surface area contributed by atoms with E-state index in [0.717, 1.165) is 10.0 Å². The maximum atomic E-state index is 12.3. The Morgan fingerprint density at radius 3 is 2.70 bits per heavy atom. The molecule has 0 fully saturated rings. The molecule has 1 amide bonds. The van der Waals surface area contributed by atoms with Crippen LogP contribution >= 0.6 is 15.9 Å². The first kappa shape index (κ1) is 14.4. The molecule has 0 bridgehead atoms. The lowest BCUT2D eigenvalue weighted by atomic mass is 10.1. The van der Waals surface area contributed by atoms with E-state index < -0.39 is 0 Å². The van der Waals surface area contributed by atoms with Crippen LogP contribution in [0.4, 0.5) is 11.4 Å². The number of aryl methyl sites for hydroxylation is 1. The largest absolute Gasteiger partial charge is 0.494 e. The summed E-state index contributed by atoms with van der Waals surface area (Å²) in [5, 5.41) is 2.82. The maximum Gasteiger partial charge on any atom is 0.256 e. The van der Waals surface area contributed by atoms with Crippen molar-refractivity contribution >= 4 is 33.2 Å². The quantitative estimate of drug-likeness (QED) is 0.843. The molecule has 3 N–H and O–H groups in total. The van der Waals surface area contributed by atoms with Crippen molar-refractivity contribution in [2.24, 2.45) is 0 Å². The van der Waals surface area contributed by atoms with Gasteiger partial charge in [0.05, 0.1) is 18.4 Å². The molecule has 0 aromatic heterocycles. The molecule has 2 rings (SSSR count). The van der Waals surface area contributed by atoms with E-state index in [-0.39, 0.29) is 5.91 Å². The number of ether oxygens (including phenoxy) is 1. The van der Waals surface area contributed by atoms with Gasteiger partial charge in [0.25, 0.3) is 5.91 Å². The fraction of sp³-hybridized carbons (Fsp3) is 0.133. The van der Waals surface area contributed by atoms with Crippen LogP contribution in [0.3, 0.4) is 0 Å². The molecule has 2 aromatic rings. The van der Waals surface area contributed by atoms with E-state index in [0.29, 0.717) is 22.7 Å². The third kappa shape index (κ3) is 3.11. The zero-order valence-corrected chi connectivity index (χ0v) is 12.8. The Balaban J connectivity index is 2.30. The van der Waals surface area contributed by atoms with Gasteiger partial charge in [0, 0.05) is 16.2 Å². The molecule has 104 valence electrons. The summed E-state index contributed by atoms with van der Waals surface area (Å²) in [6, 6.07) is 10.7. The number of amides is 1. The zero-order valence-electron chi connectivity index (χ0n) is 11.2. The van der Waals surface area contributed by atoms with Gasteiger partial charge in [0.1, 0.15) is 5.75 Å². The highest BCUT2D eigenvalue weighted by Crippen LogP contribution is 2.28. The first-order valence-corrected chi connectivity index (χ1v) is 6.81. The van der Waals surface area contributed by atoms with E-state index in [1.165, 1.54) is 7.11 Å². The lowest BCUT2D eigenvalue weighted by molar-refractivity contribution is 0.102. The predicted octanol–water partition coefficient (Wildman–Crippen LogP) is 3.60. The van der Waals surface area contributed by atoms with Crippen LogP contribution in [0.5, 0.6) is 5.75 Å². The van der Waals surface area contributed by atoms with Gasteiger partial charge in [-0.25, -0.2) is 0 Å². The number of rotatable bonds is 3. The zero-order chi connectivity index (χ0) is 14.7. The second-order valence-corrected chi connectivity index (χ2v) is 5.25. The summed E-state index contributed by atoms with van der Waals surface area (Å²) < 4.78 is 5.96. The number of anilines is 2. The molecule has 0 spiro atoms. The molecule has 0 aliphatic rings. The smallest absolute Gasteiger partial charge is 0.256 e. The minimum absolute atomic E-state index is 0.205. The minimum Gasteiger partial charge on any atom is -0.494 e. The Labute approximate surface area is 126 Å². The van der Waals surface area contributed by atoms with Crippen LogP contribution in [0, 0.1) is 6.92 Å². The van der Waals surface area contributed by atoms with Crippen LogP contribution in [0.1, 0.15) is 15.9 Å². The van der Waals surface area contributed by atoms with Gasteiger partial charge < -0.3 is 15.8 Å². The van der Waals surface area contributed by atoms with Gasteiger partial charge in [-0.2, -0.15) is 0 Å². The van der Waals surface area contributed by atoms with E-state index in [1.807, 2.05) is 25.1 Å². The molecule has 0 saturated carbocycles. The van der Waals surface area contributed by atoms with Gasteiger partial charge in [-0.15, -0.1) is 0 Å². The lowest BCUT2D eigenvalue weighted by Gasteiger charge is -2.12. The number of benzene rings is 2. The molecule has 0 heterocycles. The van der Waals surface area contributed by atoms with E-state index in [1.54, 1.807) is 18.2 Å². The second-order valence-electron chi connectivity index (χ2n) is 4.40. The summed E-state index contributed by atoms with van der Waals surface area (Å²) in [7, 11) is 1.53. The van der Waals surface area contributed by atoms with E-state index in [9.17, 15) is 4.79 Å². The number of carbonyl (C=O) groups excluding carboxylic acids is 1. The summed E-state index contributed by atoms with van der Waals surface area (Å²) in [5.74, 6) is 0.325. The standard InChI is InChI=1S/C15H15BrN2O2/c1-9-3-5-12(16)11(7-9)15(19)18-13-6-4-10(17)8-14(13)20-2/h3-8H,17H2,1-2H3,(H,18,19). The van der Waals surface area contributed by atoms with Crippen LogP contribution in [-0.2, 0) is 0 Å². The Kier molecular flexibility index (Phi) is 4.29. The summed E-state index contributed by atoms with van der Waals surface area (Å²) in [6.45, 7) is 1.94. The molecule has 0 saturated heterocycles. The Bertz CT molecular complexity index is 656. The monoisotopic (exact) mass is 334 g/mol. The average Bonchev–Trinajstić information content (AvgIpc) is 2.43. The van der Waals surface area contributed by atoms with Crippen LogP contribution in [0.2, 0.25) is 0 Å². The summed E-state index contributed by atoms with van der Waals surface area (Å²) in [5.41, 5.74) is 8.44. The predicted molar refractivity (Wildman–Crippen MR) is 84.2 cm³/mol. The van der Waals surface area contributed by atoms with Gasteiger partial charge in [-0.1, -0.05) is 11.6 Å². The van der Waals surface area contributed by atoms with Gasteiger partial charge in [-0.3, -0.25) is 4.79 Å². The number of hydrogen-bond donors (Lipinski definition) is 2.